The Labute approximate surface area is 200 Å². The van der Waals surface area contributed by atoms with Crippen LogP contribution in [-0.2, 0) is 6.18 Å². The summed E-state index contributed by atoms with van der Waals surface area (Å²) in [6, 6.07) is 8.37. The molecule has 0 aliphatic heterocycles. The predicted molar refractivity (Wildman–Crippen MR) is 121 cm³/mol. The third-order valence-corrected chi connectivity index (χ3v) is 7.50. The number of rotatable bonds is 4. The van der Waals surface area contributed by atoms with E-state index < -0.39 is 23.7 Å². The molecule has 2 amide bonds. The summed E-state index contributed by atoms with van der Waals surface area (Å²) in [6.07, 6.45) is 1.49. The number of amides is 2. The molecular formula is C25H24ClF3N2O3. The number of carbonyl (C=O) groups is 2. The third kappa shape index (κ3) is 4.73. The van der Waals surface area contributed by atoms with Crippen molar-refractivity contribution in [3.8, 4) is 5.75 Å². The van der Waals surface area contributed by atoms with E-state index in [1.165, 1.54) is 37.5 Å². The largest absolute Gasteiger partial charge is 0.416 e. The molecule has 0 heterocycles. The molecule has 9 heteroatoms. The number of hydrogen-bond donors (Lipinski definition) is 2. The molecule has 2 N–H and O–H groups in total. The summed E-state index contributed by atoms with van der Waals surface area (Å²) in [4.78, 5) is 25.7. The van der Waals surface area contributed by atoms with Gasteiger partial charge in [-0.2, -0.15) is 13.2 Å². The quantitative estimate of drug-likeness (QED) is 0.501. The second-order valence-electron chi connectivity index (χ2n) is 9.88. The van der Waals surface area contributed by atoms with Crippen molar-refractivity contribution in [2.45, 2.75) is 50.2 Å². The van der Waals surface area contributed by atoms with Crippen molar-refractivity contribution in [3.63, 3.8) is 0 Å². The van der Waals surface area contributed by atoms with Gasteiger partial charge in [-0.15, -0.1) is 0 Å². The summed E-state index contributed by atoms with van der Waals surface area (Å²) in [5.41, 5.74) is -0.894. The maximum Gasteiger partial charge on any atom is 0.416 e. The molecule has 180 valence electrons. The number of nitrogens with one attached hydrogen (secondary N) is 2. The van der Waals surface area contributed by atoms with Crippen molar-refractivity contribution >= 4 is 29.3 Å². The molecule has 2 aromatic carbocycles. The standard InChI is InChI=1S/C25H24ClF3N2O3/c26-18-3-6-21(20(10-18)22(32)30-19-4-1-17(2-5-19)25(27,28)29)34-23(33)31-24-11-14-7-15(12-24)9-16(8-14)13-24/h1-6,10,14-16H,7-9,11-13H2,(H,30,32)(H,31,33). The Kier molecular flexibility index (Phi) is 5.74. The number of ether oxygens (including phenoxy) is 1. The Morgan fingerprint density at radius 3 is 2.09 bits per heavy atom. The predicted octanol–water partition coefficient (Wildman–Crippen LogP) is 6.67. The Bertz CT molecular complexity index is 1080. The van der Waals surface area contributed by atoms with E-state index in [9.17, 15) is 22.8 Å². The molecule has 0 saturated heterocycles. The van der Waals surface area contributed by atoms with Crippen LogP contribution in [0.2, 0.25) is 5.02 Å². The summed E-state index contributed by atoms with van der Waals surface area (Å²) in [6.45, 7) is 0. The lowest BCUT2D eigenvalue weighted by Gasteiger charge is -2.56. The van der Waals surface area contributed by atoms with Crippen molar-refractivity contribution in [2.75, 3.05) is 5.32 Å². The summed E-state index contributed by atoms with van der Waals surface area (Å²) < 4.78 is 43.9. The van der Waals surface area contributed by atoms with Gasteiger partial charge in [-0.25, -0.2) is 4.79 Å². The van der Waals surface area contributed by atoms with Gasteiger partial charge >= 0.3 is 12.3 Å². The molecule has 4 aliphatic carbocycles. The molecular weight excluding hydrogens is 469 g/mol. The zero-order valence-corrected chi connectivity index (χ0v) is 19.0. The van der Waals surface area contributed by atoms with Gasteiger partial charge in [-0.1, -0.05) is 11.6 Å². The molecule has 2 aromatic rings. The first-order valence-electron chi connectivity index (χ1n) is 11.4. The zero-order valence-electron chi connectivity index (χ0n) is 18.3. The van der Waals surface area contributed by atoms with E-state index in [1.54, 1.807) is 0 Å². The van der Waals surface area contributed by atoms with Gasteiger partial charge in [0.25, 0.3) is 5.91 Å². The highest BCUT2D eigenvalue weighted by Gasteiger charge is 2.51. The minimum Gasteiger partial charge on any atom is -0.409 e. The molecule has 0 unspecified atom stereocenters. The van der Waals surface area contributed by atoms with Crippen molar-refractivity contribution in [3.05, 3.63) is 58.6 Å². The Balaban J connectivity index is 1.29. The lowest BCUT2D eigenvalue weighted by atomic mass is 9.53. The molecule has 4 aliphatic rings. The fourth-order valence-electron chi connectivity index (χ4n) is 6.32. The fourth-order valence-corrected chi connectivity index (χ4v) is 6.49. The molecule has 4 saturated carbocycles. The second-order valence-corrected chi connectivity index (χ2v) is 10.3. The first-order valence-corrected chi connectivity index (χ1v) is 11.7. The van der Waals surface area contributed by atoms with Crippen LogP contribution in [0, 0.1) is 17.8 Å². The average Bonchev–Trinajstić information content (AvgIpc) is 2.73. The number of halogens is 4. The number of hydrogen-bond acceptors (Lipinski definition) is 3. The molecule has 0 atom stereocenters. The van der Waals surface area contributed by atoms with Gasteiger partial charge in [0.1, 0.15) is 5.75 Å². The highest BCUT2D eigenvalue weighted by molar-refractivity contribution is 6.31. The maximum absolute atomic E-state index is 12.9. The maximum atomic E-state index is 12.9. The average molecular weight is 493 g/mol. The van der Waals surface area contributed by atoms with Crippen LogP contribution in [0.25, 0.3) is 0 Å². The third-order valence-electron chi connectivity index (χ3n) is 7.26. The molecule has 0 aromatic heterocycles. The van der Waals surface area contributed by atoms with E-state index in [2.05, 4.69) is 10.6 Å². The minimum atomic E-state index is -4.47. The smallest absolute Gasteiger partial charge is 0.409 e. The van der Waals surface area contributed by atoms with Gasteiger partial charge < -0.3 is 15.4 Å². The van der Waals surface area contributed by atoms with E-state index in [1.807, 2.05) is 0 Å². The lowest BCUT2D eigenvalue weighted by Crippen LogP contribution is -2.60. The summed E-state index contributed by atoms with van der Waals surface area (Å²) in [5.74, 6) is 1.31. The van der Waals surface area contributed by atoms with Crippen molar-refractivity contribution in [2.24, 2.45) is 17.8 Å². The first kappa shape index (κ1) is 23.0. The van der Waals surface area contributed by atoms with E-state index in [0.717, 1.165) is 43.5 Å². The SMILES string of the molecule is O=C(NC12CC3CC(CC(C3)C1)C2)Oc1ccc(Cl)cc1C(=O)Nc1ccc(C(F)(F)F)cc1. The van der Waals surface area contributed by atoms with Crippen LogP contribution in [-0.4, -0.2) is 17.5 Å². The van der Waals surface area contributed by atoms with E-state index >= 15 is 0 Å². The molecule has 0 spiro atoms. The number of carbonyl (C=O) groups excluding carboxylic acids is 2. The van der Waals surface area contributed by atoms with Crippen molar-refractivity contribution < 1.29 is 27.5 Å². The molecule has 0 radical (unpaired) electrons. The zero-order chi connectivity index (χ0) is 24.1. The summed E-state index contributed by atoms with van der Waals surface area (Å²) >= 11 is 6.06. The van der Waals surface area contributed by atoms with Gasteiger partial charge in [0.15, 0.2) is 0 Å². The number of alkyl halides is 3. The number of anilines is 1. The highest BCUT2D eigenvalue weighted by Crippen LogP contribution is 2.55. The van der Waals surface area contributed by atoms with Crippen LogP contribution in [0.15, 0.2) is 42.5 Å². The second kappa shape index (κ2) is 8.48. The van der Waals surface area contributed by atoms with Gasteiger partial charge in [0.2, 0.25) is 0 Å². The van der Waals surface area contributed by atoms with Crippen molar-refractivity contribution in [1.82, 2.24) is 5.32 Å². The topological polar surface area (TPSA) is 67.4 Å². The highest BCUT2D eigenvalue weighted by atomic mass is 35.5. The first-order chi connectivity index (χ1) is 16.1. The van der Waals surface area contributed by atoms with Crippen LogP contribution in [0.3, 0.4) is 0 Å². The van der Waals surface area contributed by atoms with Crippen LogP contribution in [0.4, 0.5) is 23.7 Å². The summed E-state index contributed by atoms with van der Waals surface area (Å²) in [5, 5.41) is 5.88. The summed E-state index contributed by atoms with van der Waals surface area (Å²) in [7, 11) is 0. The number of benzene rings is 2. The fraction of sp³-hybridized carbons (Fsp3) is 0.440. The molecule has 4 fully saturated rings. The van der Waals surface area contributed by atoms with Crippen LogP contribution >= 0.6 is 11.6 Å². The van der Waals surface area contributed by atoms with Gasteiger partial charge in [0.05, 0.1) is 11.1 Å². The van der Waals surface area contributed by atoms with E-state index in [4.69, 9.17) is 16.3 Å². The van der Waals surface area contributed by atoms with Gasteiger partial charge in [0, 0.05) is 16.2 Å². The molecule has 5 nitrogen and oxygen atoms in total. The monoisotopic (exact) mass is 492 g/mol. The minimum absolute atomic E-state index is 0.00746. The van der Waals surface area contributed by atoms with Crippen LogP contribution < -0.4 is 15.4 Å². The molecule has 6 rings (SSSR count). The van der Waals surface area contributed by atoms with Gasteiger partial charge in [-0.3, -0.25) is 4.79 Å². The Morgan fingerprint density at radius 1 is 0.941 bits per heavy atom. The molecule has 34 heavy (non-hydrogen) atoms. The van der Waals surface area contributed by atoms with Crippen LogP contribution in [0.5, 0.6) is 5.75 Å². The van der Waals surface area contributed by atoms with Crippen molar-refractivity contribution in [1.29, 1.82) is 0 Å². The normalized spacial score (nSPS) is 27.4. The van der Waals surface area contributed by atoms with E-state index in [0.29, 0.717) is 17.8 Å². The van der Waals surface area contributed by atoms with E-state index in [-0.39, 0.29) is 27.6 Å². The molecule has 4 bridgehead atoms. The van der Waals surface area contributed by atoms with Crippen LogP contribution in [0.1, 0.15) is 54.4 Å². The Hall–Kier alpha value is -2.74. The Morgan fingerprint density at radius 2 is 1.53 bits per heavy atom. The van der Waals surface area contributed by atoms with Gasteiger partial charge in [-0.05, 0) is 98.7 Å². The lowest BCUT2D eigenvalue weighted by molar-refractivity contribution is -0.137.